The molecule has 2 aliphatic rings. The van der Waals surface area contributed by atoms with Crippen molar-refractivity contribution in [2.24, 2.45) is 7.05 Å². The van der Waals surface area contributed by atoms with Gasteiger partial charge in [-0.1, -0.05) is 6.42 Å². The fourth-order valence-corrected chi connectivity index (χ4v) is 5.73. The fraction of sp³-hybridized carbons (Fsp3) is 0.429. The van der Waals surface area contributed by atoms with Gasteiger partial charge in [-0.2, -0.15) is 4.31 Å². The maximum atomic E-state index is 13.2. The predicted molar refractivity (Wildman–Crippen MR) is 111 cm³/mol. The molecule has 1 amide bonds. The maximum absolute atomic E-state index is 13.2. The Hall–Kier alpha value is -2.65. The summed E-state index contributed by atoms with van der Waals surface area (Å²) in [5.41, 5.74) is 2.38. The van der Waals surface area contributed by atoms with Gasteiger partial charge in [0.25, 0.3) is 5.91 Å². The molecular formula is C21H25N3O5S. The van der Waals surface area contributed by atoms with E-state index < -0.39 is 16.0 Å². The first kappa shape index (κ1) is 20.6. The van der Waals surface area contributed by atoms with E-state index in [0.717, 1.165) is 30.5 Å². The second-order valence-electron chi connectivity index (χ2n) is 7.68. The molecule has 9 heteroatoms. The van der Waals surface area contributed by atoms with Gasteiger partial charge in [-0.25, -0.2) is 13.2 Å². The van der Waals surface area contributed by atoms with Crippen LogP contribution in [0.25, 0.3) is 0 Å². The summed E-state index contributed by atoms with van der Waals surface area (Å²) in [6, 6.07) is 6.58. The number of carbonyl (C=O) groups excluding carboxylic acids is 2. The lowest BCUT2D eigenvalue weighted by Gasteiger charge is -2.25. The van der Waals surface area contributed by atoms with Crippen LogP contribution in [0, 0.1) is 0 Å². The number of hydrogen-bond acceptors (Lipinski definition) is 5. The van der Waals surface area contributed by atoms with E-state index in [-0.39, 0.29) is 10.8 Å². The van der Waals surface area contributed by atoms with Gasteiger partial charge in [0.05, 0.1) is 12.7 Å². The minimum absolute atomic E-state index is 0.149. The Balaban J connectivity index is 1.61. The van der Waals surface area contributed by atoms with Crippen LogP contribution < -0.4 is 4.90 Å². The number of methoxy groups -OCH3 is 1. The molecule has 160 valence electrons. The topological polar surface area (TPSA) is 88.9 Å². The summed E-state index contributed by atoms with van der Waals surface area (Å²) in [7, 11) is -0.599. The van der Waals surface area contributed by atoms with Crippen molar-refractivity contribution < 1.29 is 22.7 Å². The van der Waals surface area contributed by atoms with E-state index in [1.807, 2.05) is 0 Å². The highest BCUT2D eigenvalue weighted by Crippen LogP contribution is 2.31. The van der Waals surface area contributed by atoms with E-state index in [1.54, 1.807) is 34.7 Å². The van der Waals surface area contributed by atoms with E-state index in [9.17, 15) is 18.0 Å². The minimum atomic E-state index is -3.61. The number of anilines is 1. The molecule has 0 saturated carbocycles. The molecule has 0 N–H and O–H groups in total. The number of aryl methyl sites for hydroxylation is 1. The Morgan fingerprint density at radius 3 is 2.47 bits per heavy atom. The molecule has 0 unspecified atom stereocenters. The molecule has 0 bridgehead atoms. The lowest BCUT2D eigenvalue weighted by atomic mass is 10.1. The van der Waals surface area contributed by atoms with Crippen LogP contribution in [0.3, 0.4) is 0 Å². The zero-order valence-corrected chi connectivity index (χ0v) is 17.9. The van der Waals surface area contributed by atoms with Gasteiger partial charge >= 0.3 is 5.97 Å². The quantitative estimate of drug-likeness (QED) is 0.693. The van der Waals surface area contributed by atoms with Gasteiger partial charge < -0.3 is 14.2 Å². The molecule has 0 radical (unpaired) electrons. The molecule has 2 aromatic rings. The largest absolute Gasteiger partial charge is 0.465 e. The molecule has 0 spiro atoms. The molecule has 1 aromatic carbocycles. The number of carbonyl (C=O) groups is 2. The van der Waals surface area contributed by atoms with Crippen molar-refractivity contribution in [1.29, 1.82) is 0 Å². The normalized spacial score (nSPS) is 17.1. The van der Waals surface area contributed by atoms with Crippen LogP contribution in [0.1, 0.15) is 45.7 Å². The molecule has 3 heterocycles. The molecular weight excluding hydrogens is 406 g/mol. The lowest BCUT2D eigenvalue weighted by molar-refractivity contribution is 0.0600. The standard InChI is InChI=1S/C21H25N3O5S/c1-22-14-17(30(27,28)23-9-4-3-5-10-23)13-19(22)20(25)24-11-8-15-12-16(21(26)29-2)6-7-18(15)24/h6-7,12-14H,3-5,8-11H2,1-2H3. The van der Waals surface area contributed by atoms with Crippen molar-refractivity contribution in [1.82, 2.24) is 8.87 Å². The first-order valence-corrected chi connectivity index (χ1v) is 11.5. The third-order valence-electron chi connectivity index (χ3n) is 5.79. The number of amides is 1. The predicted octanol–water partition coefficient (Wildman–Crippen LogP) is 2.19. The van der Waals surface area contributed by atoms with Crippen LogP contribution in [-0.4, -0.2) is 55.9 Å². The monoisotopic (exact) mass is 431 g/mol. The van der Waals surface area contributed by atoms with Crippen molar-refractivity contribution in [3.05, 3.63) is 47.3 Å². The van der Waals surface area contributed by atoms with Crippen molar-refractivity contribution in [3.8, 4) is 0 Å². The number of nitrogens with zero attached hydrogens (tertiary/aromatic N) is 3. The van der Waals surface area contributed by atoms with Gasteiger partial charge in [-0.3, -0.25) is 4.79 Å². The van der Waals surface area contributed by atoms with Crippen LogP contribution in [0.5, 0.6) is 0 Å². The van der Waals surface area contributed by atoms with Gasteiger partial charge in [0.2, 0.25) is 10.0 Å². The molecule has 1 aromatic heterocycles. The number of sulfonamides is 1. The highest BCUT2D eigenvalue weighted by Gasteiger charge is 2.32. The zero-order valence-electron chi connectivity index (χ0n) is 17.1. The zero-order chi connectivity index (χ0) is 21.5. The number of piperidine rings is 1. The molecule has 1 saturated heterocycles. The summed E-state index contributed by atoms with van der Waals surface area (Å²) in [6.45, 7) is 1.50. The Morgan fingerprint density at radius 2 is 1.77 bits per heavy atom. The number of hydrogen-bond donors (Lipinski definition) is 0. The van der Waals surface area contributed by atoms with Gasteiger partial charge in [0.1, 0.15) is 10.6 Å². The third kappa shape index (κ3) is 3.52. The summed E-state index contributed by atoms with van der Waals surface area (Å²) in [5.74, 6) is -0.681. The average Bonchev–Trinajstić information content (AvgIpc) is 3.36. The van der Waals surface area contributed by atoms with Gasteiger partial charge in [-0.15, -0.1) is 0 Å². The van der Waals surface area contributed by atoms with Crippen molar-refractivity contribution in [2.45, 2.75) is 30.6 Å². The molecule has 1 fully saturated rings. The number of benzene rings is 1. The Morgan fingerprint density at radius 1 is 1.03 bits per heavy atom. The smallest absolute Gasteiger partial charge is 0.337 e. The summed E-state index contributed by atoms with van der Waals surface area (Å²) >= 11 is 0. The number of rotatable bonds is 4. The fourth-order valence-electron chi connectivity index (χ4n) is 4.14. The molecule has 2 aliphatic heterocycles. The van der Waals surface area contributed by atoms with Gasteiger partial charge in [0.15, 0.2) is 0 Å². The van der Waals surface area contributed by atoms with Gasteiger partial charge in [0, 0.05) is 38.6 Å². The van der Waals surface area contributed by atoms with E-state index in [1.165, 1.54) is 23.7 Å². The molecule has 0 atom stereocenters. The van der Waals surface area contributed by atoms with E-state index in [4.69, 9.17) is 4.74 Å². The van der Waals surface area contributed by atoms with E-state index >= 15 is 0 Å². The SMILES string of the molecule is COC(=O)c1ccc2c(c1)CCN2C(=O)c1cc(S(=O)(=O)N2CCCCC2)cn1C. The second kappa shape index (κ2) is 7.88. The first-order valence-electron chi connectivity index (χ1n) is 10.0. The maximum Gasteiger partial charge on any atom is 0.337 e. The van der Waals surface area contributed by atoms with Crippen LogP contribution in [-0.2, 0) is 28.2 Å². The average molecular weight is 432 g/mol. The van der Waals surface area contributed by atoms with E-state index in [0.29, 0.717) is 37.3 Å². The molecule has 8 nitrogen and oxygen atoms in total. The van der Waals surface area contributed by atoms with Crippen LogP contribution in [0.15, 0.2) is 35.4 Å². The van der Waals surface area contributed by atoms with E-state index in [2.05, 4.69) is 0 Å². The summed E-state index contributed by atoms with van der Waals surface area (Å²) in [5, 5.41) is 0. The summed E-state index contributed by atoms with van der Waals surface area (Å²) in [6.07, 6.45) is 4.88. The first-order chi connectivity index (χ1) is 14.3. The van der Waals surface area contributed by atoms with Crippen LogP contribution in [0.4, 0.5) is 5.69 Å². The Kier molecular flexibility index (Phi) is 5.42. The highest BCUT2D eigenvalue weighted by atomic mass is 32.2. The summed E-state index contributed by atoms with van der Waals surface area (Å²) < 4.78 is 33.8. The molecule has 30 heavy (non-hydrogen) atoms. The number of ether oxygens (including phenoxy) is 1. The lowest BCUT2D eigenvalue weighted by Crippen LogP contribution is -2.35. The van der Waals surface area contributed by atoms with Crippen molar-refractivity contribution in [2.75, 3.05) is 31.6 Å². The minimum Gasteiger partial charge on any atom is -0.465 e. The summed E-state index contributed by atoms with van der Waals surface area (Å²) in [4.78, 5) is 26.8. The van der Waals surface area contributed by atoms with Crippen molar-refractivity contribution in [3.63, 3.8) is 0 Å². The van der Waals surface area contributed by atoms with Gasteiger partial charge in [-0.05, 0) is 49.1 Å². The number of esters is 1. The van der Waals surface area contributed by atoms with Crippen LogP contribution >= 0.6 is 0 Å². The Labute approximate surface area is 176 Å². The number of fused-ring (bicyclic) bond motifs is 1. The number of aromatic nitrogens is 1. The Bertz CT molecular complexity index is 1100. The third-order valence-corrected chi connectivity index (χ3v) is 7.66. The highest BCUT2D eigenvalue weighted by molar-refractivity contribution is 7.89. The van der Waals surface area contributed by atoms with Crippen molar-refractivity contribution >= 4 is 27.6 Å². The second-order valence-corrected chi connectivity index (χ2v) is 9.62. The molecule has 0 aliphatic carbocycles. The van der Waals surface area contributed by atoms with Crippen LogP contribution in [0.2, 0.25) is 0 Å². The molecule has 4 rings (SSSR count).